The van der Waals surface area contributed by atoms with Crippen LogP contribution in [0.4, 0.5) is 0 Å². The molecule has 0 bridgehead atoms. The lowest BCUT2D eigenvalue weighted by molar-refractivity contribution is -0.124. The maximum Gasteiger partial charge on any atom is 0.338 e. The van der Waals surface area contributed by atoms with Crippen molar-refractivity contribution >= 4 is 21.7 Å². The fourth-order valence-corrected chi connectivity index (χ4v) is 3.25. The van der Waals surface area contributed by atoms with Crippen LogP contribution >= 0.6 is 0 Å². The molecule has 6 nitrogen and oxygen atoms in total. The number of aryl methyl sites for hydroxylation is 1. The van der Waals surface area contributed by atoms with Crippen molar-refractivity contribution in [2.75, 3.05) is 12.9 Å². The number of sulfone groups is 1. The Morgan fingerprint density at radius 3 is 2.52 bits per heavy atom. The highest BCUT2D eigenvalue weighted by atomic mass is 32.2. The number of amides is 1. The van der Waals surface area contributed by atoms with Gasteiger partial charge in [0.15, 0.2) is 16.4 Å². The smallest absolute Gasteiger partial charge is 0.338 e. The topological polar surface area (TPSA) is 89.5 Å². The van der Waals surface area contributed by atoms with Crippen LogP contribution in [0.1, 0.15) is 41.6 Å². The van der Waals surface area contributed by atoms with Crippen molar-refractivity contribution in [2.24, 2.45) is 0 Å². The van der Waals surface area contributed by atoms with Gasteiger partial charge in [-0.3, -0.25) is 4.79 Å². The van der Waals surface area contributed by atoms with Gasteiger partial charge in [0.25, 0.3) is 5.91 Å². The van der Waals surface area contributed by atoms with Crippen LogP contribution in [0.15, 0.2) is 23.1 Å². The van der Waals surface area contributed by atoms with Gasteiger partial charge in [-0.2, -0.15) is 0 Å². The van der Waals surface area contributed by atoms with Crippen molar-refractivity contribution in [3.05, 3.63) is 29.3 Å². The third-order valence-corrected chi connectivity index (χ3v) is 5.02. The van der Waals surface area contributed by atoms with Crippen molar-refractivity contribution < 1.29 is 22.7 Å². The average Bonchev–Trinajstić information content (AvgIpc) is 2.97. The Hall–Kier alpha value is -1.89. The predicted molar refractivity (Wildman–Crippen MR) is 85.0 cm³/mol. The normalized spacial score (nSPS) is 15.4. The predicted octanol–water partition coefficient (Wildman–Crippen LogP) is 1.61. The van der Waals surface area contributed by atoms with Crippen LogP contribution in [-0.2, 0) is 19.4 Å². The summed E-state index contributed by atoms with van der Waals surface area (Å²) in [7, 11) is -3.41. The van der Waals surface area contributed by atoms with Gasteiger partial charge in [-0.25, -0.2) is 13.2 Å². The van der Waals surface area contributed by atoms with E-state index in [0.29, 0.717) is 5.56 Å². The molecule has 7 heteroatoms. The zero-order valence-electron chi connectivity index (χ0n) is 13.3. The van der Waals surface area contributed by atoms with E-state index in [1.54, 1.807) is 13.0 Å². The highest BCUT2D eigenvalue weighted by molar-refractivity contribution is 7.90. The van der Waals surface area contributed by atoms with Gasteiger partial charge in [0.2, 0.25) is 0 Å². The van der Waals surface area contributed by atoms with Crippen LogP contribution in [0, 0.1) is 6.92 Å². The lowest BCUT2D eigenvalue weighted by atomic mass is 10.1. The molecule has 0 radical (unpaired) electrons. The minimum atomic E-state index is -3.41. The molecule has 0 aliphatic heterocycles. The number of nitrogens with one attached hydrogen (secondary N) is 1. The largest absolute Gasteiger partial charge is 0.452 e. The Kier molecular flexibility index (Phi) is 5.41. The van der Waals surface area contributed by atoms with Crippen LogP contribution < -0.4 is 5.32 Å². The molecule has 0 spiro atoms. The van der Waals surface area contributed by atoms with Gasteiger partial charge in [0.1, 0.15) is 0 Å². The summed E-state index contributed by atoms with van der Waals surface area (Å²) >= 11 is 0. The molecular weight excluding hydrogens is 318 g/mol. The number of carbonyl (C=O) groups excluding carboxylic acids is 2. The lowest BCUT2D eigenvalue weighted by Gasteiger charge is -2.12. The molecule has 1 amide bonds. The van der Waals surface area contributed by atoms with E-state index in [9.17, 15) is 18.0 Å². The summed E-state index contributed by atoms with van der Waals surface area (Å²) in [6.07, 6.45) is 5.18. The maximum absolute atomic E-state index is 12.1. The molecule has 1 aliphatic carbocycles. The SMILES string of the molecule is Cc1ccc(S(C)(=O)=O)cc1C(=O)OCC(=O)NC1CCCC1. The van der Waals surface area contributed by atoms with Gasteiger partial charge in [-0.1, -0.05) is 18.9 Å². The van der Waals surface area contributed by atoms with E-state index < -0.39 is 15.8 Å². The average molecular weight is 339 g/mol. The number of esters is 1. The number of rotatable bonds is 5. The number of hydrogen-bond acceptors (Lipinski definition) is 5. The van der Waals surface area contributed by atoms with Crippen molar-refractivity contribution in [1.29, 1.82) is 0 Å². The fraction of sp³-hybridized carbons (Fsp3) is 0.500. The molecular formula is C16H21NO5S. The van der Waals surface area contributed by atoms with Crippen LogP contribution in [0.5, 0.6) is 0 Å². The summed E-state index contributed by atoms with van der Waals surface area (Å²) in [6.45, 7) is 1.32. The van der Waals surface area contributed by atoms with E-state index in [1.807, 2.05) is 0 Å². The second kappa shape index (κ2) is 7.12. The Bertz CT molecular complexity index is 705. The van der Waals surface area contributed by atoms with Crippen LogP contribution in [-0.4, -0.2) is 39.2 Å². The molecule has 0 saturated heterocycles. The van der Waals surface area contributed by atoms with E-state index in [1.165, 1.54) is 12.1 Å². The van der Waals surface area contributed by atoms with Crippen LogP contribution in [0.25, 0.3) is 0 Å². The molecule has 0 heterocycles. The zero-order valence-corrected chi connectivity index (χ0v) is 14.1. The fourth-order valence-electron chi connectivity index (χ4n) is 2.60. The molecule has 0 atom stereocenters. The van der Waals surface area contributed by atoms with E-state index in [2.05, 4.69) is 5.32 Å². The Morgan fingerprint density at radius 1 is 1.26 bits per heavy atom. The van der Waals surface area contributed by atoms with Gasteiger partial charge in [0, 0.05) is 12.3 Å². The first-order chi connectivity index (χ1) is 10.8. The lowest BCUT2D eigenvalue weighted by Crippen LogP contribution is -2.36. The monoisotopic (exact) mass is 339 g/mol. The minimum absolute atomic E-state index is 0.0467. The Morgan fingerprint density at radius 2 is 1.91 bits per heavy atom. The summed E-state index contributed by atoms with van der Waals surface area (Å²) in [6, 6.07) is 4.43. The molecule has 1 aliphatic rings. The van der Waals surface area contributed by atoms with E-state index in [0.717, 1.165) is 31.9 Å². The van der Waals surface area contributed by atoms with Gasteiger partial charge in [-0.15, -0.1) is 0 Å². The molecule has 1 aromatic carbocycles. The van der Waals surface area contributed by atoms with E-state index >= 15 is 0 Å². The number of hydrogen-bond donors (Lipinski definition) is 1. The first-order valence-corrected chi connectivity index (χ1v) is 9.43. The third kappa shape index (κ3) is 4.79. The number of carbonyl (C=O) groups is 2. The standard InChI is InChI=1S/C16H21NO5S/c1-11-7-8-13(23(2,20)21)9-14(11)16(19)22-10-15(18)17-12-5-3-4-6-12/h7-9,12H,3-6,10H2,1-2H3,(H,17,18). The molecule has 126 valence electrons. The number of ether oxygens (including phenoxy) is 1. The van der Waals surface area contributed by atoms with Gasteiger partial charge in [0.05, 0.1) is 10.5 Å². The van der Waals surface area contributed by atoms with E-state index in [4.69, 9.17) is 4.74 Å². The summed E-state index contributed by atoms with van der Waals surface area (Å²) < 4.78 is 28.1. The zero-order chi connectivity index (χ0) is 17.0. The van der Waals surface area contributed by atoms with Crippen molar-refractivity contribution in [1.82, 2.24) is 5.32 Å². The molecule has 23 heavy (non-hydrogen) atoms. The Balaban J connectivity index is 1.98. The summed E-state index contributed by atoms with van der Waals surface area (Å²) in [5, 5.41) is 2.82. The van der Waals surface area contributed by atoms with Crippen LogP contribution in [0.2, 0.25) is 0 Å². The third-order valence-electron chi connectivity index (χ3n) is 3.91. The van der Waals surface area contributed by atoms with Crippen molar-refractivity contribution in [2.45, 2.75) is 43.5 Å². The molecule has 1 saturated carbocycles. The summed E-state index contributed by atoms with van der Waals surface area (Å²) in [5.41, 5.74) is 0.750. The highest BCUT2D eigenvalue weighted by Crippen LogP contribution is 2.18. The van der Waals surface area contributed by atoms with Gasteiger partial charge >= 0.3 is 5.97 Å². The van der Waals surface area contributed by atoms with Gasteiger partial charge in [-0.05, 0) is 37.5 Å². The van der Waals surface area contributed by atoms with Crippen molar-refractivity contribution in [3.8, 4) is 0 Å². The van der Waals surface area contributed by atoms with Crippen molar-refractivity contribution in [3.63, 3.8) is 0 Å². The second-order valence-electron chi connectivity index (χ2n) is 5.87. The molecule has 2 rings (SSSR count). The quantitative estimate of drug-likeness (QED) is 0.823. The first kappa shape index (κ1) is 17.5. The first-order valence-electron chi connectivity index (χ1n) is 7.54. The van der Waals surface area contributed by atoms with Gasteiger partial charge < -0.3 is 10.1 Å². The second-order valence-corrected chi connectivity index (χ2v) is 7.89. The summed E-state index contributed by atoms with van der Waals surface area (Å²) in [5.74, 6) is -1.03. The Labute approximate surface area is 136 Å². The molecule has 1 N–H and O–H groups in total. The minimum Gasteiger partial charge on any atom is -0.452 e. The van der Waals surface area contributed by atoms with Crippen LogP contribution in [0.3, 0.4) is 0 Å². The molecule has 0 aromatic heterocycles. The highest BCUT2D eigenvalue weighted by Gasteiger charge is 2.19. The van der Waals surface area contributed by atoms with E-state index in [-0.39, 0.29) is 29.0 Å². The molecule has 1 aromatic rings. The summed E-state index contributed by atoms with van der Waals surface area (Å²) in [4.78, 5) is 23.9. The maximum atomic E-state index is 12.1. The molecule has 1 fully saturated rings. The molecule has 0 unspecified atom stereocenters. The number of benzene rings is 1.